The molecule has 1 N–H and O–H groups in total. The van der Waals surface area contributed by atoms with E-state index in [9.17, 15) is 8.42 Å². The summed E-state index contributed by atoms with van der Waals surface area (Å²) in [5.74, 6) is 1.04. The number of H-pyrrole nitrogens is 1. The van der Waals surface area contributed by atoms with E-state index in [4.69, 9.17) is 0 Å². The third-order valence-corrected chi connectivity index (χ3v) is 4.77. The number of aromatic nitrogens is 4. The molecule has 0 spiro atoms. The summed E-state index contributed by atoms with van der Waals surface area (Å²) < 4.78 is 23.4. The Morgan fingerprint density at radius 1 is 1.04 bits per heavy atom. The highest BCUT2D eigenvalue weighted by Crippen LogP contribution is 2.25. The molecule has 0 fully saturated rings. The zero-order chi connectivity index (χ0) is 17.3. The lowest BCUT2D eigenvalue weighted by molar-refractivity contribution is 0.601. The van der Waals surface area contributed by atoms with E-state index in [1.807, 2.05) is 12.1 Å². The van der Waals surface area contributed by atoms with Gasteiger partial charge in [0, 0.05) is 42.3 Å². The molecule has 0 unspecified atom stereocenters. The van der Waals surface area contributed by atoms with Crippen molar-refractivity contribution in [3.63, 3.8) is 0 Å². The van der Waals surface area contributed by atoms with Gasteiger partial charge in [-0.25, -0.2) is 13.4 Å². The van der Waals surface area contributed by atoms with Crippen molar-refractivity contribution in [1.29, 1.82) is 0 Å². The molecule has 3 aromatic rings. The van der Waals surface area contributed by atoms with E-state index in [1.165, 1.54) is 12.5 Å². The average Bonchev–Trinajstić information content (AvgIpc) is 3.05. The Hall–Kier alpha value is -2.54. The second-order valence-electron chi connectivity index (χ2n) is 5.95. The maximum absolute atomic E-state index is 11.7. The van der Waals surface area contributed by atoms with Gasteiger partial charge in [-0.1, -0.05) is 13.8 Å². The fraction of sp³-hybridized carbons (Fsp3) is 0.235. The number of aromatic amines is 1. The lowest BCUT2D eigenvalue weighted by Gasteiger charge is -2.05. The zero-order valence-electron chi connectivity index (χ0n) is 13.7. The van der Waals surface area contributed by atoms with E-state index in [0.717, 1.165) is 16.8 Å². The molecule has 0 amide bonds. The van der Waals surface area contributed by atoms with Crippen LogP contribution in [0, 0.1) is 0 Å². The molecule has 0 aromatic carbocycles. The average molecular weight is 342 g/mol. The molecular formula is C17H18N4O2S. The Balaban J connectivity index is 2.02. The Morgan fingerprint density at radius 3 is 2.50 bits per heavy atom. The third-order valence-electron chi connectivity index (χ3n) is 3.69. The monoisotopic (exact) mass is 342 g/mol. The molecule has 24 heavy (non-hydrogen) atoms. The van der Waals surface area contributed by atoms with E-state index in [2.05, 4.69) is 33.8 Å². The summed E-state index contributed by atoms with van der Waals surface area (Å²) in [4.78, 5) is 16.2. The van der Waals surface area contributed by atoms with Gasteiger partial charge in [0.25, 0.3) is 0 Å². The summed E-state index contributed by atoms with van der Waals surface area (Å²) in [6.07, 6.45) is 7.63. The largest absolute Gasteiger partial charge is 0.340 e. The number of hydrogen-bond donors (Lipinski definition) is 1. The van der Waals surface area contributed by atoms with Crippen LogP contribution in [-0.4, -0.2) is 34.6 Å². The first kappa shape index (κ1) is 16.3. The highest BCUT2D eigenvalue weighted by atomic mass is 32.2. The zero-order valence-corrected chi connectivity index (χ0v) is 14.5. The maximum atomic E-state index is 11.7. The van der Waals surface area contributed by atoms with Crippen molar-refractivity contribution in [2.24, 2.45) is 0 Å². The fourth-order valence-corrected chi connectivity index (χ4v) is 2.87. The van der Waals surface area contributed by atoms with Crippen molar-refractivity contribution in [3.05, 3.63) is 48.7 Å². The van der Waals surface area contributed by atoms with Gasteiger partial charge < -0.3 is 4.98 Å². The Kier molecular flexibility index (Phi) is 4.19. The molecule has 0 saturated carbocycles. The van der Waals surface area contributed by atoms with Crippen LogP contribution in [0.3, 0.4) is 0 Å². The van der Waals surface area contributed by atoms with Crippen LogP contribution in [0.1, 0.15) is 25.5 Å². The van der Waals surface area contributed by atoms with Gasteiger partial charge in [0.15, 0.2) is 15.7 Å². The molecule has 3 aromatic heterocycles. The molecule has 0 bridgehead atoms. The molecule has 7 heteroatoms. The lowest BCUT2D eigenvalue weighted by Crippen LogP contribution is -1.98. The fourth-order valence-electron chi connectivity index (χ4n) is 2.28. The van der Waals surface area contributed by atoms with Gasteiger partial charge in [0.1, 0.15) is 5.69 Å². The minimum atomic E-state index is -3.30. The molecule has 0 saturated heterocycles. The molecule has 3 heterocycles. The molecule has 3 rings (SSSR count). The highest BCUT2D eigenvalue weighted by Gasteiger charge is 2.11. The number of pyridine rings is 2. The first-order chi connectivity index (χ1) is 11.3. The van der Waals surface area contributed by atoms with E-state index in [1.54, 1.807) is 24.7 Å². The highest BCUT2D eigenvalue weighted by molar-refractivity contribution is 7.90. The number of nitrogens with one attached hydrogen (secondary N) is 1. The quantitative estimate of drug-likeness (QED) is 0.787. The number of hydrogen-bond acceptors (Lipinski definition) is 5. The predicted molar refractivity (Wildman–Crippen MR) is 92.2 cm³/mol. The van der Waals surface area contributed by atoms with Crippen LogP contribution in [-0.2, 0) is 9.84 Å². The summed E-state index contributed by atoms with van der Waals surface area (Å²) in [6, 6.07) is 5.30. The van der Waals surface area contributed by atoms with Crippen LogP contribution in [0.2, 0.25) is 0 Å². The van der Waals surface area contributed by atoms with Crippen LogP contribution in [0.25, 0.3) is 22.6 Å². The van der Waals surface area contributed by atoms with Crippen molar-refractivity contribution in [3.8, 4) is 22.6 Å². The molecule has 0 aliphatic rings. The second-order valence-corrected chi connectivity index (χ2v) is 7.97. The Labute approximate surface area is 140 Å². The van der Waals surface area contributed by atoms with Crippen molar-refractivity contribution in [2.45, 2.75) is 24.7 Å². The van der Waals surface area contributed by atoms with Crippen LogP contribution in [0.15, 0.2) is 47.9 Å². The smallest absolute Gasteiger partial charge is 0.177 e. The van der Waals surface area contributed by atoms with E-state index in [0.29, 0.717) is 17.4 Å². The topological polar surface area (TPSA) is 88.6 Å². The van der Waals surface area contributed by atoms with E-state index < -0.39 is 9.84 Å². The van der Waals surface area contributed by atoms with Gasteiger partial charge in [0.2, 0.25) is 0 Å². The molecular weight excluding hydrogens is 324 g/mol. The lowest BCUT2D eigenvalue weighted by atomic mass is 10.1. The van der Waals surface area contributed by atoms with Crippen LogP contribution in [0.5, 0.6) is 0 Å². The van der Waals surface area contributed by atoms with E-state index >= 15 is 0 Å². The number of imidazole rings is 1. The van der Waals surface area contributed by atoms with Gasteiger partial charge in [-0.05, 0) is 29.7 Å². The van der Waals surface area contributed by atoms with E-state index in [-0.39, 0.29) is 4.90 Å². The first-order valence-electron chi connectivity index (χ1n) is 7.51. The molecule has 6 nitrogen and oxygen atoms in total. The molecule has 0 atom stereocenters. The van der Waals surface area contributed by atoms with Gasteiger partial charge in [-0.3, -0.25) is 9.97 Å². The van der Waals surface area contributed by atoms with Crippen molar-refractivity contribution in [1.82, 2.24) is 19.9 Å². The molecule has 0 radical (unpaired) electrons. The molecule has 0 aliphatic carbocycles. The normalized spacial score (nSPS) is 11.8. The Morgan fingerprint density at radius 2 is 1.83 bits per heavy atom. The van der Waals surface area contributed by atoms with Crippen LogP contribution >= 0.6 is 0 Å². The Bertz CT molecular complexity index is 978. The van der Waals surface area contributed by atoms with Crippen molar-refractivity contribution >= 4 is 9.84 Å². The van der Waals surface area contributed by atoms with Crippen LogP contribution in [0.4, 0.5) is 0 Å². The van der Waals surface area contributed by atoms with Crippen molar-refractivity contribution in [2.75, 3.05) is 6.26 Å². The maximum Gasteiger partial charge on any atom is 0.177 e. The summed E-state index contributed by atoms with van der Waals surface area (Å²) in [6.45, 7) is 4.17. The molecule has 124 valence electrons. The predicted octanol–water partition coefficient (Wildman–Crippen LogP) is 3.06. The van der Waals surface area contributed by atoms with Gasteiger partial charge in [-0.2, -0.15) is 0 Å². The minimum absolute atomic E-state index is 0.193. The summed E-state index contributed by atoms with van der Waals surface area (Å²) in [5, 5.41) is 0. The molecule has 0 aliphatic heterocycles. The van der Waals surface area contributed by atoms with Crippen LogP contribution < -0.4 is 0 Å². The number of nitrogens with zero attached hydrogens (tertiary/aromatic N) is 3. The minimum Gasteiger partial charge on any atom is -0.340 e. The van der Waals surface area contributed by atoms with Gasteiger partial charge in [-0.15, -0.1) is 0 Å². The van der Waals surface area contributed by atoms with Gasteiger partial charge in [0.05, 0.1) is 4.90 Å². The summed E-state index contributed by atoms with van der Waals surface area (Å²) in [5.41, 5.74) is 3.29. The SMILES string of the molecule is CC(C)c1cnc(-c2cc(-c3cncc(S(C)(=O)=O)c3)ccn2)[nH]1. The van der Waals surface area contributed by atoms with Gasteiger partial charge >= 0.3 is 0 Å². The standard InChI is InChI=1S/C17H18N4O2S/c1-11(2)16-10-20-17(21-16)15-7-12(4-5-19-15)13-6-14(9-18-8-13)24(3,22)23/h4-11H,1-3H3,(H,20,21). The number of rotatable bonds is 4. The second kappa shape index (κ2) is 6.16. The first-order valence-corrected chi connectivity index (χ1v) is 9.40. The van der Waals surface area contributed by atoms with Crippen molar-refractivity contribution < 1.29 is 8.42 Å². The summed E-state index contributed by atoms with van der Waals surface area (Å²) >= 11 is 0. The third kappa shape index (κ3) is 3.35. The summed E-state index contributed by atoms with van der Waals surface area (Å²) in [7, 11) is -3.30. The number of sulfone groups is 1.